The van der Waals surface area contributed by atoms with E-state index >= 15 is 0 Å². The van der Waals surface area contributed by atoms with Crippen molar-refractivity contribution in [3.63, 3.8) is 0 Å². The standard InChI is InChI=1S/C13H28N2O/c1-4-12(2)14-7-9-15-8-5-6-13(10-15)11-16-3/h12-14H,4-11H2,1-3H3. The maximum atomic E-state index is 5.25. The third-order valence-corrected chi connectivity index (χ3v) is 3.54. The van der Waals surface area contributed by atoms with E-state index in [1.54, 1.807) is 0 Å². The van der Waals surface area contributed by atoms with Gasteiger partial charge in [0.25, 0.3) is 0 Å². The molecule has 0 saturated carbocycles. The summed E-state index contributed by atoms with van der Waals surface area (Å²) in [4.78, 5) is 2.57. The Morgan fingerprint density at radius 1 is 1.50 bits per heavy atom. The number of nitrogens with one attached hydrogen (secondary N) is 1. The molecular formula is C13H28N2O. The molecule has 96 valence electrons. The van der Waals surface area contributed by atoms with Crippen molar-refractivity contribution in [1.29, 1.82) is 0 Å². The molecule has 3 heteroatoms. The molecule has 1 fully saturated rings. The van der Waals surface area contributed by atoms with E-state index in [-0.39, 0.29) is 0 Å². The van der Waals surface area contributed by atoms with E-state index < -0.39 is 0 Å². The number of likely N-dealkylation sites (tertiary alicyclic amines) is 1. The number of piperidine rings is 1. The van der Waals surface area contributed by atoms with Gasteiger partial charge in [-0.05, 0) is 38.6 Å². The van der Waals surface area contributed by atoms with Gasteiger partial charge >= 0.3 is 0 Å². The van der Waals surface area contributed by atoms with Crippen LogP contribution in [0.4, 0.5) is 0 Å². The highest BCUT2D eigenvalue weighted by Crippen LogP contribution is 2.15. The molecule has 0 spiro atoms. The lowest BCUT2D eigenvalue weighted by molar-refractivity contribution is 0.0907. The van der Waals surface area contributed by atoms with Gasteiger partial charge in [0.1, 0.15) is 0 Å². The van der Waals surface area contributed by atoms with Crippen molar-refractivity contribution in [2.45, 2.75) is 39.2 Å². The lowest BCUT2D eigenvalue weighted by Crippen LogP contribution is -2.42. The van der Waals surface area contributed by atoms with Gasteiger partial charge < -0.3 is 15.0 Å². The van der Waals surface area contributed by atoms with Crippen LogP contribution in [-0.4, -0.2) is 50.8 Å². The summed E-state index contributed by atoms with van der Waals surface area (Å²) < 4.78 is 5.25. The molecule has 0 aliphatic carbocycles. The highest BCUT2D eigenvalue weighted by Gasteiger charge is 2.19. The Morgan fingerprint density at radius 3 is 3.00 bits per heavy atom. The third-order valence-electron chi connectivity index (χ3n) is 3.54. The Labute approximate surface area is 101 Å². The van der Waals surface area contributed by atoms with Gasteiger partial charge in [0.2, 0.25) is 0 Å². The van der Waals surface area contributed by atoms with Crippen LogP contribution in [0, 0.1) is 5.92 Å². The lowest BCUT2D eigenvalue weighted by Gasteiger charge is -2.32. The van der Waals surface area contributed by atoms with Gasteiger partial charge in [0.15, 0.2) is 0 Å². The average Bonchev–Trinajstić information content (AvgIpc) is 2.30. The molecule has 1 aliphatic rings. The fourth-order valence-electron chi connectivity index (χ4n) is 2.34. The maximum Gasteiger partial charge on any atom is 0.0502 e. The molecule has 1 rings (SSSR count). The molecule has 0 bridgehead atoms. The first-order chi connectivity index (χ1) is 7.76. The minimum absolute atomic E-state index is 0.652. The summed E-state index contributed by atoms with van der Waals surface area (Å²) in [5.41, 5.74) is 0. The molecule has 0 aromatic carbocycles. The van der Waals surface area contributed by atoms with Crippen molar-refractivity contribution in [3.8, 4) is 0 Å². The zero-order valence-electron chi connectivity index (χ0n) is 11.2. The predicted octanol–water partition coefficient (Wildman–Crippen LogP) is 1.73. The van der Waals surface area contributed by atoms with Crippen LogP contribution in [0.2, 0.25) is 0 Å². The second-order valence-electron chi connectivity index (χ2n) is 5.03. The largest absolute Gasteiger partial charge is 0.384 e. The van der Waals surface area contributed by atoms with Crippen molar-refractivity contribution in [2.24, 2.45) is 5.92 Å². The molecule has 0 amide bonds. The van der Waals surface area contributed by atoms with Crippen LogP contribution in [-0.2, 0) is 4.74 Å². The molecular weight excluding hydrogens is 200 g/mol. The zero-order valence-corrected chi connectivity index (χ0v) is 11.2. The first-order valence-electron chi connectivity index (χ1n) is 6.71. The van der Waals surface area contributed by atoms with E-state index in [1.807, 2.05) is 7.11 Å². The Kier molecular flexibility index (Phi) is 7.01. The van der Waals surface area contributed by atoms with Gasteiger partial charge in [0.05, 0.1) is 6.61 Å². The number of hydrogen-bond donors (Lipinski definition) is 1. The lowest BCUT2D eigenvalue weighted by atomic mass is 9.99. The van der Waals surface area contributed by atoms with Crippen LogP contribution in [0.25, 0.3) is 0 Å². The average molecular weight is 228 g/mol. The predicted molar refractivity (Wildman–Crippen MR) is 68.8 cm³/mol. The van der Waals surface area contributed by atoms with Crippen molar-refractivity contribution >= 4 is 0 Å². The number of rotatable bonds is 7. The summed E-state index contributed by atoms with van der Waals surface area (Å²) in [5, 5.41) is 3.55. The molecule has 1 aliphatic heterocycles. The molecule has 0 aromatic heterocycles. The summed E-state index contributed by atoms with van der Waals surface area (Å²) in [6.45, 7) is 10.2. The van der Waals surface area contributed by atoms with Gasteiger partial charge in [-0.1, -0.05) is 6.92 Å². The number of ether oxygens (including phenoxy) is 1. The topological polar surface area (TPSA) is 24.5 Å². The van der Waals surface area contributed by atoms with Crippen molar-refractivity contribution < 1.29 is 4.74 Å². The fraction of sp³-hybridized carbons (Fsp3) is 1.00. The van der Waals surface area contributed by atoms with Gasteiger partial charge in [-0.3, -0.25) is 0 Å². The highest BCUT2D eigenvalue weighted by molar-refractivity contribution is 4.73. The summed E-state index contributed by atoms with van der Waals surface area (Å²) in [5.74, 6) is 0.752. The van der Waals surface area contributed by atoms with Crippen LogP contribution in [0.3, 0.4) is 0 Å². The minimum atomic E-state index is 0.652. The molecule has 2 atom stereocenters. The number of nitrogens with zero attached hydrogens (tertiary/aromatic N) is 1. The van der Waals surface area contributed by atoms with E-state index in [1.165, 1.54) is 38.9 Å². The zero-order chi connectivity index (χ0) is 11.8. The Balaban J connectivity index is 2.11. The van der Waals surface area contributed by atoms with E-state index in [2.05, 4.69) is 24.1 Å². The van der Waals surface area contributed by atoms with E-state index in [0.717, 1.165) is 19.1 Å². The van der Waals surface area contributed by atoms with Crippen molar-refractivity contribution in [2.75, 3.05) is 39.9 Å². The van der Waals surface area contributed by atoms with Crippen molar-refractivity contribution in [1.82, 2.24) is 10.2 Å². The third kappa shape index (κ3) is 5.28. The smallest absolute Gasteiger partial charge is 0.0502 e. The van der Waals surface area contributed by atoms with Gasteiger partial charge in [-0.15, -0.1) is 0 Å². The first-order valence-corrected chi connectivity index (χ1v) is 6.71. The molecule has 3 nitrogen and oxygen atoms in total. The maximum absolute atomic E-state index is 5.25. The number of hydrogen-bond acceptors (Lipinski definition) is 3. The summed E-state index contributed by atoms with van der Waals surface area (Å²) >= 11 is 0. The van der Waals surface area contributed by atoms with E-state index in [0.29, 0.717) is 6.04 Å². The van der Waals surface area contributed by atoms with Gasteiger partial charge in [-0.2, -0.15) is 0 Å². The molecule has 0 radical (unpaired) electrons. The van der Waals surface area contributed by atoms with Crippen LogP contribution >= 0.6 is 0 Å². The minimum Gasteiger partial charge on any atom is -0.384 e. The second-order valence-corrected chi connectivity index (χ2v) is 5.03. The van der Waals surface area contributed by atoms with Crippen LogP contribution < -0.4 is 5.32 Å². The summed E-state index contributed by atoms with van der Waals surface area (Å²) in [6.07, 6.45) is 3.88. The monoisotopic (exact) mass is 228 g/mol. The molecule has 1 saturated heterocycles. The summed E-state index contributed by atoms with van der Waals surface area (Å²) in [6, 6.07) is 0.652. The quantitative estimate of drug-likeness (QED) is 0.718. The molecule has 2 unspecified atom stereocenters. The molecule has 1 heterocycles. The van der Waals surface area contributed by atoms with Crippen LogP contribution in [0.1, 0.15) is 33.1 Å². The van der Waals surface area contributed by atoms with Gasteiger partial charge in [-0.25, -0.2) is 0 Å². The van der Waals surface area contributed by atoms with Crippen LogP contribution in [0.15, 0.2) is 0 Å². The van der Waals surface area contributed by atoms with E-state index in [4.69, 9.17) is 4.74 Å². The van der Waals surface area contributed by atoms with Crippen molar-refractivity contribution in [3.05, 3.63) is 0 Å². The number of methoxy groups -OCH3 is 1. The Morgan fingerprint density at radius 2 is 2.31 bits per heavy atom. The second kappa shape index (κ2) is 8.04. The normalized spacial score (nSPS) is 24.6. The Bertz CT molecular complexity index is 173. The summed E-state index contributed by atoms with van der Waals surface area (Å²) in [7, 11) is 1.81. The molecule has 1 N–H and O–H groups in total. The highest BCUT2D eigenvalue weighted by atomic mass is 16.5. The Hall–Kier alpha value is -0.120. The van der Waals surface area contributed by atoms with Crippen LogP contribution in [0.5, 0.6) is 0 Å². The van der Waals surface area contributed by atoms with Gasteiger partial charge in [0, 0.05) is 32.8 Å². The molecule has 16 heavy (non-hydrogen) atoms. The SMILES string of the molecule is CCC(C)NCCN1CCCC(COC)C1. The fourth-order valence-corrected chi connectivity index (χ4v) is 2.34. The van der Waals surface area contributed by atoms with E-state index in [9.17, 15) is 0 Å². The first kappa shape index (κ1) is 13.9. The molecule has 0 aromatic rings.